The number of hydrogen-bond acceptors (Lipinski definition) is 6. The van der Waals surface area contributed by atoms with Gasteiger partial charge in [-0.25, -0.2) is 9.97 Å². The average Bonchev–Trinajstić information content (AvgIpc) is 3.88. The Labute approximate surface area is 279 Å². The standard InChI is InChI=1S/C38H41N7OS/c46-37(30-16-21-43(22-17-30)38-42-31-10-4-6-12-33(31)44(38)25-27-18-23-47-26-27)40-24-35(28-14-19-39-20-15-28)45-34-13-7-5-11-32(34)41-36(45)29-8-2-1-3-9-29/h1-13,18,23,26,28,30,35,39H,14-17,19-22,24-25H2,(H,40,46). The fourth-order valence-corrected chi connectivity index (χ4v) is 8.25. The zero-order chi connectivity index (χ0) is 31.6. The monoisotopic (exact) mass is 643 g/mol. The number of thiophene rings is 1. The molecule has 8 rings (SSSR count). The van der Waals surface area contributed by atoms with Gasteiger partial charge in [-0.3, -0.25) is 4.79 Å². The first kappa shape index (κ1) is 29.9. The molecule has 1 atom stereocenters. The molecule has 0 aliphatic carbocycles. The molecular weight excluding hydrogens is 603 g/mol. The molecule has 2 saturated heterocycles. The minimum atomic E-state index is -0.0113. The first-order chi connectivity index (χ1) is 23.2. The molecule has 1 unspecified atom stereocenters. The van der Waals surface area contributed by atoms with Crippen LogP contribution in [0.3, 0.4) is 0 Å². The van der Waals surface area contributed by atoms with Gasteiger partial charge < -0.3 is 24.7 Å². The average molecular weight is 644 g/mol. The highest BCUT2D eigenvalue weighted by atomic mass is 32.1. The van der Waals surface area contributed by atoms with E-state index in [1.165, 1.54) is 5.56 Å². The number of fused-ring (bicyclic) bond motifs is 2. The predicted octanol–water partition coefficient (Wildman–Crippen LogP) is 6.74. The molecule has 9 heteroatoms. The minimum Gasteiger partial charge on any atom is -0.354 e. The summed E-state index contributed by atoms with van der Waals surface area (Å²) in [6, 6.07) is 29.6. The lowest BCUT2D eigenvalue weighted by Crippen LogP contribution is -2.44. The summed E-state index contributed by atoms with van der Waals surface area (Å²) in [5, 5.41) is 11.3. The number of aromatic nitrogens is 4. The van der Waals surface area contributed by atoms with Gasteiger partial charge >= 0.3 is 0 Å². The summed E-state index contributed by atoms with van der Waals surface area (Å²) in [7, 11) is 0. The maximum atomic E-state index is 13.8. The van der Waals surface area contributed by atoms with Crippen LogP contribution in [0, 0.1) is 11.8 Å². The van der Waals surface area contributed by atoms with E-state index in [0.717, 1.165) is 97.8 Å². The van der Waals surface area contributed by atoms with E-state index in [1.807, 2.05) is 6.07 Å². The van der Waals surface area contributed by atoms with Crippen LogP contribution >= 0.6 is 11.3 Å². The number of nitrogens with zero attached hydrogens (tertiary/aromatic N) is 5. The van der Waals surface area contributed by atoms with Crippen molar-refractivity contribution in [3.63, 3.8) is 0 Å². The zero-order valence-electron chi connectivity index (χ0n) is 26.6. The fourth-order valence-electron chi connectivity index (χ4n) is 7.59. The van der Waals surface area contributed by atoms with Gasteiger partial charge in [-0.2, -0.15) is 11.3 Å². The number of para-hydroxylation sites is 4. The molecule has 1 amide bonds. The number of imidazole rings is 2. The molecule has 240 valence electrons. The van der Waals surface area contributed by atoms with Gasteiger partial charge in [0.05, 0.1) is 34.7 Å². The number of carbonyl (C=O) groups is 1. The summed E-state index contributed by atoms with van der Waals surface area (Å²) >= 11 is 1.73. The Bertz CT molecular complexity index is 1950. The third-order valence-electron chi connectivity index (χ3n) is 10.1. The molecule has 2 aliphatic heterocycles. The van der Waals surface area contributed by atoms with Gasteiger partial charge in [-0.1, -0.05) is 54.6 Å². The van der Waals surface area contributed by atoms with Crippen molar-refractivity contribution in [2.24, 2.45) is 11.8 Å². The second-order valence-electron chi connectivity index (χ2n) is 12.9. The third kappa shape index (κ3) is 6.05. The first-order valence-electron chi connectivity index (χ1n) is 16.9. The first-order valence-corrected chi connectivity index (χ1v) is 17.9. The summed E-state index contributed by atoms with van der Waals surface area (Å²) in [5.41, 5.74) is 6.68. The number of amides is 1. The predicted molar refractivity (Wildman–Crippen MR) is 191 cm³/mol. The Kier molecular flexibility index (Phi) is 8.48. The van der Waals surface area contributed by atoms with Gasteiger partial charge in [-0.05, 0) is 91.3 Å². The summed E-state index contributed by atoms with van der Waals surface area (Å²) in [6.45, 7) is 5.02. The number of rotatable bonds is 9. The molecule has 0 spiro atoms. The Balaban J connectivity index is 1.01. The molecular formula is C38H41N7OS. The van der Waals surface area contributed by atoms with Crippen molar-refractivity contribution in [2.45, 2.75) is 38.3 Å². The van der Waals surface area contributed by atoms with E-state index in [-0.39, 0.29) is 17.9 Å². The molecule has 0 radical (unpaired) electrons. The van der Waals surface area contributed by atoms with Crippen LogP contribution in [0.4, 0.5) is 5.95 Å². The highest BCUT2D eigenvalue weighted by molar-refractivity contribution is 7.07. The van der Waals surface area contributed by atoms with Gasteiger partial charge in [0, 0.05) is 31.1 Å². The Hall–Kier alpha value is -4.47. The summed E-state index contributed by atoms with van der Waals surface area (Å²) in [4.78, 5) is 26.4. The van der Waals surface area contributed by atoms with Crippen molar-refractivity contribution >= 4 is 45.3 Å². The summed E-state index contributed by atoms with van der Waals surface area (Å²) in [6.07, 6.45) is 3.78. The lowest BCUT2D eigenvalue weighted by molar-refractivity contribution is -0.125. The minimum absolute atomic E-state index is 0.0113. The molecule has 5 heterocycles. The van der Waals surface area contributed by atoms with Crippen LogP contribution in [0.15, 0.2) is 95.7 Å². The van der Waals surface area contributed by atoms with E-state index < -0.39 is 0 Å². The van der Waals surface area contributed by atoms with Gasteiger partial charge in [0.15, 0.2) is 0 Å². The Morgan fingerprint density at radius 1 is 0.851 bits per heavy atom. The van der Waals surface area contributed by atoms with Gasteiger partial charge in [-0.15, -0.1) is 0 Å². The fraction of sp³-hybridized carbons (Fsp3) is 0.342. The van der Waals surface area contributed by atoms with Gasteiger partial charge in [0.2, 0.25) is 11.9 Å². The molecule has 3 aromatic carbocycles. The highest BCUT2D eigenvalue weighted by Crippen LogP contribution is 2.35. The third-order valence-corrected chi connectivity index (χ3v) is 10.8. The summed E-state index contributed by atoms with van der Waals surface area (Å²) < 4.78 is 4.75. The maximum absolute atomic E-state index is 13.8. The number of hydrogen-bond donors (Lipinski definition) is 2. The Morgan fingerprint density at radius 3 is 2.30 bits per heavy atom. The van der Waals surface area contributed by atoms with Crippen LogP contribution in [0.2, 0.25) is 0 Å². The molecule has 8 nitrogen and oxygen atoms in total. The molecule has 2 aliphatic rings. The van der Waals surface area contributed by atoms with Crippen molar-refractivity contribution < 1.29 is 4.79 Å². The number of anilines is 1. The molecule has 0 saturated carbocycles. The van der Waals surface area contributed by atoms with Crippen LogP contribution in [0.25, 0.3) is 33.5 Å². The number of piperidine rings is 2. The van der Waals surface area contributed by atoms with E-state index in [2.05, 4.69) is 114 Å². The van der Waals surface area contributed by atoms with Gasteiger partial charge in [0.1, 0.15) is 5.82 Å². The zero-order valence-corrected chi connectivity index (χ0v) is 27.4. The molecule has 2 N–H and O–H groups in total. The lowest BCUT2D eigenvalue weighted by atomic mass is 9.89. The smallest absolute Gasteiger partial charge is 0.223 e. The van der Waals surface area contributed by atoms with Crippen LogP contribution in [-0.2, 0) is 11.3 Å². The normalized spacial score (nSPS) is 17.0. The van der Waals surface area contributed by atoms with E-state index in [9.17, 15) is 4.79 Å². The van der Waals surface area contributed by atoms with Crippen LogP contribution in [0.1, 0.15) is 37.3 Å². The van der Waals surface area contributed by atoms with Crippen molar-refractivity contribution in [1.29, 1.82) is 0 Å². The van der Waals surface area contributed by atoms with Crippen molar-refractivity contribution in [2.75, 3.05) is 37.6 Å². The van der Waals surface area contributed by atoms with Gasteiger partial charge in [0.25, 0.3) is 0 Å². The molecule has 3 aromatic heterocycles. The number of carbonyl (C=O) groups excluding carboxylic acids is 1. The maximum Gasteiger partial charge on any atom is 0.223 e. The van der Waals surface area contributed by atoms with E-state index in [0.29, 0.717) is 12.5 Å². The van der Waals surface area contributed by atoms with Crippen LogP contribution in [0.5, 0.6) is 0 Å². The van der Waals surface area contributed by atoms with Crippen LogP contribution < -0.4 is 15.5 Å². The lowest BCUT2D eigenvalue weighted by Gasteiger charge is -2.35. The largest absolute Gasteiger partial charge is 0.354 e. The SMILES string of the molecule is O=C(NCC(C1CCNCC1)n1c(-c2ccccc2)nc2ccccc21)C1CCN(c2nc3ccccc3n2Cc2ccsc2)CC1. The molecule has 47 heavy (non-hydrogen) atoms. The van der Waals surface area contributed by atoms with Crippen LogP contribution in [-0.4, -0.2) is 57.7 Å². The Morgan fingerprint density at radius 2 is 1.55 bits per heavy atom. The van der Waals surface area contributed by atoms with E-state index in [4.69, 9.17) is 9.97 Å². The van der Waals surface area contributed by atoms with Crippen molar-refractivity contribution in [3.05, 3.63) is 101 Å². The molecule has 2 fully saturated rings. The molecule has 6 aromatic rings. The second-order valence-corrected chi connectivity index (χ2v) is 13.7. The quantitative estimate of drug-likeness (QED) is 0.183. The molecule has 0 bridgehead atoms. The number of benzene rings is 3. The topological polar surface area (TPSA) is 80.0 Å². The second kappa shape index (κ2) is 13.3. The number of nitrogens with one attached hydrogen (secondary N) is 2. The van der Waals surface area contributed by atoms with Crippen molar-refractivity contribution in [3.8, 4) is 11.4 Å². The summed E-state index contributed by atoms with van der Waals surface area (Å²) in [5.74, 6) is 2.57. The van der Waals surface area contributed by atoms with Crippen molar-refractivity contribution in [1.82, 2.24) is 29.7 Å². The highest BCUT2D eigenvalue weighted by Gasteiger charge is 2.32. The van der Waals surface area contributed by atoms with E-state index >= 15 is 0 Å². The van der Waals surface area contributed by atoms with E-state index in [1.54, 1.807) is 11.3 Å².